The van der Waals surface area contributed by atoms with Crippen molar-refractivity contribution in [2.75, 3.05) is 25.7 Å². The number of aliphatic hydroxyl groups is 1. The summed E-state index contributed by atoms with van der Waals surface area (Å²) in [4.78, 5) is 0. The van der Waals surface area contributed by atoms with Gasteiger partial charge in [-0.15, -0.1) is 0 Å². The third-order valence-corrected chi connectivity index (χ3v) is 7.08. The van der Waals surface area contributed by atoms with Gasteiger partial charge < -0.3 is 9.63 Å². The molecule has 1 fully saturated rings. The minimum atomic E-state index is -3.79. The second-order valence-electron chi connectivity index (χ2n) is 5.47. The van der Waals surface area contributed by atoms with E-state index < -0.39 is 24.0 Å². The van der Waals surface area contributed by atoms with Crippen LogP contribution in [0, 0.1) is 0 Å². The number of phosphoric acid groups is 1. The van der Waals surface area contributed by atoms with Crippen molar-refractivity contribution in [2.45, 2.75) is 51.4 Å². The van der Waals surface area contributed by atoms with Crippen LogP contribution in [-0.4, -0.2) is 51.4 Å². The Hall–Kier alpha value is -0.280. The van der Waals surface area contributed by atoms with Crippen LogP contribution in [0.4, 0.5) is 0 Å². The largest absolute Gasteiger partial charge is 0.529 e. The van der Waals surface area contributed by atoms with Crippen LogP contribution < -0.4 is 5.43 Å². The topological polar surface area (TPSA) is 97.3 Å². The molecule has 8 nitrogen and oxygen atoms in total. The number of rotatable bonds is 9. The van der Waals surface area contributed by atoms with E-state index in [2.05, 4.69) is 5.43 Å². The van der Waals surface area contributed by atoms with Crippen LogP contribution in [0.1, 0.15) is 40.0 Å². The summed E-state index contributed by atoms with van der Waals surface area (Å²) in [7, 11) is -5.13. The lowest BCUT2D eigenvalue weighted by atomic mass is 10.1. The van der Waals surface area contributed by atoms with Gasteiger partial charge in [0.05, 0.1) is 13.2 Å². The van der Waals surface area contributed by atoms with Crippen LogP contribution in [0.3, 0.4) is 0 Å². The summed E-state index contributed by atoms with van der Waals surface area (Å²) in [6.07, 6.45) is 2.58. The molecule has 2 N–H and O–H groups in total. The first-order valence-electron chi connectivity index (χ1n) is 8.32. The van der Waals surface area contributed by atoms with Gasteiger partial charge in [-0.1, -0.05) is 6.92 Å². The SMILES string of the molecule is CCOP(=O)(OCC)OC1=C2CCC[C@@H]2NN(CO)C1S(=O)CC. The van der Waals surface area contributed by atoms with E-state index in [-0.39, 0.29) is 26.0 Å². The maximum absolute atomic E-state index is 12.8. The fourth-order valence-corrected chi connectivity index (χ4v) is 5.52. The number of aliphatic hydroxyl groups excluding tert-OH is 1. The number of fused-ring (bicyclic) bond motifs is 1. The van der Waals surface area contributed by atoms with E-state index in [4.69, 9.17) is 13.6 Å². The van der Waals surface area contributed by atoms with E-state index in [0.717, 1.165) is 24.8 Å². The summed E-state index contributed by atoms with van der Waals surface area (Å²) in [5.74, 6) is 0.733. The highest BCUT2D eigenvalue weighted by Gasteiger charge is 2.44. The van der Waals surface area contributed by atoms with Crippen molar-refractivity contribution in [1.29, 1.82) is 0 Å². The monoisotopic (exact) mass is 382 g/mol. The first kappa shape index (κ1) is 20.0. The Kier molecular flexibility index (Phi) is 7.42. The molecule has 3 atom stereocenters. The molecule has 0 aromatic heterocycles. The summed E-state index contributed by atoms with van der Waals surface area (Å²) in [6.45, 7) is 5.21. The van der Waals surface area contributed by atoms with Crippen LogP contribution in [0.15, 0.2) is 11.3 Å². The Labute approximate surface area is 145 Å². The standard InChI is InChI=1S/C14H27N2O6PS/c1-4-20-23(18,21-5-2)22-13-11-8-7-9-12(11)15-16(10-17)14(13)24(19)6-3/h12,14-15,17H,4-10H2,1-3H3/t12-,14?,24?/m0/s1. The molecule has 0 spiro atoms. The predicted octanol–water partition coefficient (Wildman–Crippen LogP) is 1.86. The fourth-order valence-electron chi connectivity index (χ4n) is 3.02. The highest BCUT2D eigenvalue weighted by molar-refractivity contribution is 7.85. The zero-order valence-corrected chi connectivity index (χ0v) is 16.1. The highest BCUT2D eigenvalue weighted by Crippen LogP contribution is 2.53. The van der Waals surface area contributed by atoms with Gasteiger partial charge in [-0.2, -0.15) is 5.01 Å². The van der Waals surface area contributed by atoms with Crippen molar-refractivity contribution < 1.29 is 27.5 Å². The second kappa shape index (κ2) is 8.89. The average Bonchev–Trinajstić information content (AvgIpc) is 3.02. The van der Waals surface area contributed by atoms with Crippen LogP contribution >= 0.6 is 7.82 Å². The van der Waals surface area contributed by atoms with Gasteiger partial charge in [0.25, 0.3) is 0 Å². The summed E-state index contributed by atoms with van der Waals surface area (Å²) < 4.78 is 41.6. The molecule has 0 radical (unpaired) electrons. The van der Waals surface area contributed by atoms with Crippen molar-refractivity contribution in [3.05, 3.63) is 11.3 Å². The van der Waals surface area contributed by atoms with Crippen LogP contribution in [-0.2, 0) is 28.9 Å². The molecule has 2 aliphatic rings. The van der Waals surface area contributed by atoms with E-state index in [1.807, 2.05) is 0 Å². The zero-order chi connectivity index (χ0) is 17.7. The molecule has 24 heavy (non-hydrogen) atoms. The van der Waals surface area contributed by atoms with Crippen LogP contribution in [0.2, 0.25) is 0 Å². The van der Waals surface area contributed by atoms with E-state index in [0.29, 0.717) is 11.5 Å². The molecule has 1 aliphatic carbocycles. The minimum Gasteiger partial charge on any atom is -0.406 e. The van der Waals surface area contributed by atoms with E-state index in [1.54, 1.807) is 20.8 Å². The molecular weight excluding hydrogens is 355 g/mol. The number of nitrogens with one attached hydrogen (secondary N) is 1. The van der Waals surface area contributed by atoms with Crippen molar-refractivity contribution in [2.24, 2.45) is 0 Å². The van der Waals surface area contributed by atoms with Crippen molar-refractivity contribution in [3.8, 4) is 0 Å². The van der Waals surface area contributed by atoms with E-state index in [1.165, 1.54) is 5.01 Å². The molecule has 0 saturated heterocycles. The number of phosphoric ester groups is 1. The average molecular weight is 382 g/mol. The van der Waals surface area contributed by atoms with Crippen LogP contribution in [0.5, 0.6) is 0 Å². The maximum Gasteiger partial charge on any atom is 0.529 e. The molecule has 0 aromatic rings. The molecule has 140 valence electrons. The molecule has 1 saturated carbocycles. The summed E-state index contributed by atoms with van der Waals surface area (Å²) in [5, 5.41) is 10.4. The van der Waals surface area contributed by atoms with Crippen molar-refractivity contribution in [3.63, 3.8) is 0 Å². The lowest BCUT2D eigenvalue weighted by molar-refractivity contribution is 0.0231. The predicted molar refractivity (Wildman–Crippen MR) is 91.1 cm³/mol. The first-order valence-corrected chi connectivity index (χ1v) is 11.2. The Morgan fingerprint density at radius 2 is 2.00 bits per heavy atom. The van der Waals surface area contributed by atoms with Gasteiger partial charge in [-0.3, -0.25) is 13.3 Å². The lowest BCUT2D eigenvalue weighted by Gasteiger charge is -2.39. The first-order chi connectivity index (χ1) is 11.5. The molecule has 0 bridgehead atoms. The highest BCUT2D eigenvalue weighted by atomic mass is 32.2. The zero-order valence-electron chi connectivity index (χ0n) is 14.4. The Morgan fingerprint density at radius 3 is 2.54 bits per heavy atom. The Bertz CT molecular complexity index is 533. The molecule has 2 unspecified atom stereocenters. The number of hydrazine groups is 1. The quantitative estimate of drug-likeness (QED) is 0.583. The molecule has 0 aromatic carbocycles. The summed E-state index contributed by atoms with van der Waals surface area (Å²) in [5.41, 5.74) is 4.13. The van der Waals surface area contributed by atoms with Gasteiger partial charge in [-0.05, 0) is 38.7 Å². The summed E-state index contributed by atoms with van der Waals surface area (Å²) in [6, 6.07) is -0.0195. The smallest absolute Gasteiger partial charge is 0.406 e. The Balaban J connectivity index is 2.42. The lowest BCUT2D eigenvalue weighted by Crippen LogP contribution is -2.57. The van der Waals surface area contributed by atoms with Gasteiger partial charge in [0.15, 0.2) is 5.37 Å². The molecule has 2 rings (SSSR count). The fraction of sp³-hybridized carbons (Fsp3) is 0.857. The normalized spacial score (nSPS) is 26.5. The second-order valence-corrected chi connectivity index (χ2v) is 8.85. The molecule has 1 heterocycles. The third kappa shape index (κ3) is 4.27. The van der Waals surface area contributed by atoms with E-state index in [9.17, 15) is 13.9 Å². The molecule has 0 amide bonds. The van der Waals surface area contributed by atoms with E-state index >= 15 is 0 Å². The van der Waals surface area contributed by atoms with Crippen LogP contribution in [0.25, 0.3) is 0 Å². The van der Waals surface area contributed by atoms with Crippen molar-refractivity contribution >= 4 is 18.6 Å². The maximum atomic E-state index is 12.8. The van der Waals surface area contributed by atoms with Gasteiger partial charge >= 0.3 is 7.82 Å². The molecule has 1 aliphatic heterocycles. The van der Waals surface area contributed by atoms with Crippen molar-refractivity contribution in [1.82, 2.24) is 10.4 Å². The van der Waals surface area contributed by atoms with Gasteiger partial charge in [0.1, 0.15) is 12.5 Å². The molecular formula is C14H27N2O6PS. The minimum absolute atomic E-state index is 0.0195. The Morgan fingerprint density at radius 1 is 1.33 bits per heavy atom. The third-order valence-electron chi connectivity index (χ3n) is 3.98. The number of hydrogen-bond donors (Lipinski definition) is 2. The van der Waals surface area contributed by atoms with Gasteiger partial charge in [0, 0.05) is 22.6 Å². The van der Waals surface area contributed by atoms with Gasteiger partial charge in [-0.25, -0.2) is 9.99 Å². The number of hydrogen-bond acceptors (Lipinski definition) is 8. The summed E-state index contributed by atoms with van der Waals surface area (Å²) >= 11 is 0. The number of nitrogens with zero attached hydrogens (tertiary/aromatic N) is 1. The van der Waals surface area contributed by atoms with Gasteiger partial charge in [0.2, 0.25) is 0 Å². The molecule has 10 heteroatoms.